The van der Waals surface area contributed by atoms with Gasteiger partial charge in [0.05, 0.1) is 6.07 Å². The zero-order chi connectivity index (χ0) is 9.84. The van der Waals surface area contributed by atoms with Crippen LogP contribution in [0.25, 0.3) is 0 Å². The molecular formula is C10H8ClNO. The minimum Gasteiger partial charge on any atom is -0.298 e. The Bertz CT molecular complexity index is 367. The quantitative estimate of drug-likeness (QED) is 0.724. The molecule has 0 radical (unpaired) electrons. The van der Waals surface area contributed by atoms with E-state index in [1.54, 1.807) is 24.3 Å². The molecule has 0 aliphatic carbocycles. The SMILES string of the molecule is CC(=O)C(C#N)c1ccccc1Cl. The lowest BCUT2D eigenvalue weighted by atomic mass is 9.97. The van der Waals surface area contributed by atoms with Crippen LogP contribution in [0.3, 0.4) is 0 Å². The molecule has 0 aromatic heterocycles. The Balaban J connectivity index is 3.14. The second-order valence-corrected chi connectivity index (χ2v) is 3.10. The van der Waals surface area contributed by atoms with Gasteiger partial charge in [0.25, 0.3) is 0 Å². The van der Waals surface area contributed by atoms with Gasteiger partial charge < -0.3 is 0 Å². The fraction of sp³-hybridized carbons (Fsp3) is 0.200. The van der Waals surface area contributed by atoms with Crippen LogP contribution in [0.1, 0.15) is 18.4 Å². The second kappa shape index (κ2) is 4.06. The molecule has 1 aromatic rings. The summed E-state index contributed by atoms with van der Waals surface area (Å²) >= 11 is 5.84. The number of ketones is 1. The van der Waals surface area contributed by atoms with Gasteiger partial charge in [-0.05, 0) is 18.6 Å². The minimum atomic E-state index is -0.742. The molecular weight excluding hydrogens is 186 g/mol. The molecule has 0 fully saturated rings. The summed E-state index contributed by atoms with van der Waals surface area (Å²) in [5.41, 5.74) is 0.583. The minimum absolute atomic E-state index is 0.185. The molecule has 0 bridgehead atoms. The smallest absolute Gasteiger partial charge is 0.151 e. The summed E-state index contributed by atoms with van der Waals surface area (Å²) in [6, 6.07) is 8.81. The largest absolute Gasteiger partial charge is 0.298 e. The van der Waals surface area contributed by atoms with Gasteiger partial charge in [-0.2, -0.15) is 5.26 Å². The highest BCUT2D eigenvalue weighted by molar-refractivity contribution is 6.31. The second-order valence-electron chi connectivity index (χ2n) is 2.69. The number of hydrogen-bond acceptors (Lipinski definition) is 2. The molecule has 0 N–H and O–H groups in total. The summed E-state index contributed by atoms with van der Waals surface area (Å²) in [6.07, 6.45) is 0. The molecule has 0 aliphatic rings. The normalized spacial score (nSPS) is 11.8. The van der Waals surface area contributed by atoms with Crippen LogP contribution in [-0.4, -0.2) is 5.78 Å². The Morgan fingerprint density at radius 1 is 1.54 bits per heavy atom. The molecule has 0 spiro atoms. The molecule has 2 nitrogen and oxygen atoms in total. The average molecular weight is 194 g/mol. The number of carbonyl (C=O) groups is 1. The maximum absolute atomic E-state index is 11.0. The van der Waals surface area contributed by atoms with E-state index in [0.29, 0.717) is 10.6 Å². The van der Waals surface area contributed by atoms with Crippen molar-refractivity contribution in [2.24, 2.45) is 0 Å². The van der Waals surface area contributed by atoms with Crippen molar-refractivity contribution in [3.05, 3.63) is 34.9 Å². The predicted octanol–water partition coefficient (Wildman–Crippen LogP) is 2.54. The van der Waals surface area contributed by atoms with Crippen molar-refractivity contribution in [2.45, 2.75) is 12.8 Å². The number of benzene rings is 1. The molecule has 1 atom stereocenters. The van der Waals surface area contributed by atoms with E-state index < -0.39 is 5.92 Å². The number of carbonyl (C=O) groups excluding carboxylic acids is 1. The van der Waals surface area contributed by atoms with Crippen LogP contribution in [0, 0.1) is 11.3 Å². The van der Waals surface area contributed by atoms with Crippen molar-refractivity contribution in [3.8, 4) is 6.07 Å². The Morgan fingerprint density at radius 2 is 2.15 bits per heavy atom. The topological polar surface area (TPSA) is 40.9 Å². The van der Waals surface area contributed by atoms with Gasteiger partial charge in [-0.25, -0.2) is 0 Å². The Labute approximate surface area is 81.7 Å². The van der Waals surface area contributed by atoms with Gasteiger partial charge in [0.1, 0.15) is 5.92 Å². The maximum Gasteiger partial charge on any atom is 0.151 e. The summed E-state index contributed by atoms with van der Waals surface area (Å²) in [5.74, 6) is -0.927. The first-order chi connectivity index (χ1) is 6.16. The highest BCUT2D eigenvalue weighted by Crippen LogP contribution is 2.24. The molecule has 0 saturated carbocycles. The van der Waals surface area contributed by atoms with Crippen molar-refractivity contribution in [2.75, 3.05) is 0 Å². The summed E-state index contributed by atoms with van der Waals surface area (Å²) in [6.45, 7) is 1.39. The van der Waals surface area contributed by atoms with Crippen LogP contribution in [0.5, 0.6) is 0 Å². The number of nitriles is 1. The van der Waals surface area contributed by atoms with Gasteiger partial charge in [0.2, 0.25) is 0 Å². The number of hydrogen-bond donors (Lipinski definition) is 0. The first-order valence-corrected chi connectivity index (χ1v) is 4.19. The van der Waals surface area contributed by atoms with Crippen LogP contribution in [-0.2, 0) is 4.79 Å². The lowest BCUT2D eigenvalue weighted by Gasteiger charge is -2.06. The maximum atomic E-state index is 11.0. The van der Waals surface area contributed by atoms with E-state index >= 15 is 0 Å². The molecule has 1 rings (SSSR count). The van der Waals surface area contributed by atoms with Gasteiger partial charge in [0.15, 0.2) is 5.78 Å². The fourth-order valence-electron chi connectivity index (χ4n) is 1.09. The van der Waals surface area contributed by atoms with Crippen molar-refractivity contribution in [1.29, 1.82) is 5.26 Å². The third kappa shape index (κ3) is 2.07. The molecule has 3 heteroatoms. The number of halogens is 1. The summed E-state index contributed by atoms with van der Waals surface area (Å²) in [7, 11) is 0. The van der Waals surface area contributed by atoms with E-state index in [-0.39, 0.29) is 5.78 Å². The van der Waals surface area contributed by atoms with E-state index in [9.17, 15) is 4.79 Å². The summed E-state index contributed by atoms with van der Waals surface area (Å²) < 4.78 is 0. The number of rotatable bonds is 2. The predicted molar refractivity (Wildman–Crippen MR) is 50.5 cm³/mol. The average Bonchev–Trinajstić information content (AvgIpc) is 2.09. The zero-order valence-electron chi connectivity index (χ0n) is 7.12. The Hall–Kier alpha value is -1.33. The molecule has 1 unspecified atom stereocenters. The van der Waals surface area contributed by atoms with E-state index in [2.05, 4.69) is 0 Å². The van der Waals surface area contributed by atoms with Crippen molar-refractivity contribution >= 4 is 17.4 Å². The van der Waals surface area contributed by atoms with E-state index in [1.165, 1.54) is 6.92 Å². The van der Waals surface area contributed by atoms with Crippen molar-refractivity contribution in [3.63, 3.8) is 0 Å². The highest BCUT2D eigenvalue weighted by Gasteiger charge is 2.17. The van der Waals surface area contributed by atoms with Gasteiger partial charge >= 0.3 is 0 Å². The van der Waals surface area contributed by atoms with Crippen molar-refractivity contribution < 1.29 is 4.79 Å². The first kappa shape index (κ1) is 9.76. The van der Waals surface area contributed by atoms with E-state index in [0.717, 1.165) is 0 Å². The molecule has 1 aromatic carbocycles. The molecule has 0 saturated heterocycles. The molecule has 0 heterocycles. The number of Topliss-reactive ketones (excluding diaryl/α,β-unsaturated/α-hetero) is 1. The summed E-state index contributed by atoms with van der Waals surface area (Å²) in [4.78, 5) is 11.0. The van der Waals surface area contributed by atoms with Crippen LogP contribution < -0.4 is 0 Å². The van der Waals surface area contributed by atoms with Gasteiger partial charge in [-0.3, -0.25) is 4.79 Å². The van der Waals surface area contributed by atoms with Gasteiger partial charge in [-0.15, -0.1) is 0 Å². The Morgan fingerprint density at radius 3 is 2.62 bits per heavy atom. The molecule has 0 amide bonds. The first-order valence-electron chi connectivity index (χ1n) is 3.81. The van der Waals surface area contributed by atoms with Gasteiger partial charge in [0, 0.05) is 5.02 Å². The molecule has 0 aliphatic heterocycles. The van der Waals surface area contributed by atoms with Crippen LogP contribution in [0.2, 0.25) is 5.02 Å². The van der Waals surface area contributed by atoms with Gasteiger partial charge in [-0.1, -0.05) is 29.8 Å². The standard InChI is InChI=1S/C10H8ClNO/c1-7(13)9(6-12)8-4-2-3-5-10(8)11/h2-5,9H,1H3. The zero-order valence-corrected chi connectivity index (χ0v) is 7.88. The van der Waals surface area contributed by atoms with Crippen LogP contribution in [0.4, 0.5) is 0 Å². The van der Waals surface area contributed by atoms with Crippen molar-refractivity contribution in [1.82, 2.24) is 0 Å². The third-order valence-electron chi connectivity index (χ3n) is 1.75. The lowest BCUT2D eigenvalue weighted by Crippen LogP contribution is -2.06. The van der Waals surface area contributed by atoms with E-state index in [4.69, 9.17) is 16.9 Å². The van der Waals surface area contributed by atoms with Crippen LogP contribution in [0.15, 0.2) is 24.3 Å². The summed E-state index contributed by atoms with van der Waals surface area (Å²) in [5, 5.41) is 9.21. The highest BCUT2D eigenvalue weighted by atomic mass is 35.5. The van der Waals surface area contributed by atoms with E-state index in [1.807, 2.05) is 6.07 Å². The Kier molecular flexibility index (Phi) is 3.05. The molecule has 66 valence electrons. The lowest BCUT2D eigenvalue weighted by molar-refractivity contribution is -0.117. The van der Waals surface area contributed by atoms with Crippen LogP contribution >= 0.6 is 11.6 Å². The fourth-order valence-corrected chi connectivity index (χ4v) is 1.33. The third-order valence-corrected chi connectivity index (χ3v) is 2.10. The monoisotopic (exact) mass is 193 g/mol. The number of nitrogens with zero attached hydrogens (tertiary/aromatic N) is 1. The molecule has 13 heavy (non-hydrogen) atoms.